The molecule has 0 atom stereocenters. The number of aromatic nitrogens is 2. The Labute approximate surface area is 161 Å². The van der Waals surface area contributed by atoms with E-state index < -0.39 is 15.8 Å². The van der Waals surface area contributed by atoms with E-state index >= 15 is 0 Å². The van der Waals surface area contributed by atoms with Crippen LogP contribution in [0.1, 0.15) is 0 Å². The van der Waals surface area contributed by atoms with Crippen molar-refractivity contribution >= 4 is 20.8 Å². The molecule has 0 radical (unpaired) electrons. The molecule has 2 aromatic carbocycles. The van der Waals surface area contributed by atoms with Gasteiger partial charge in [-0.15, -0.1) is 0 Å². The summed E-state index contributed by atoms with van der Waals surface area (Å²) in [6.45, 7) is 1.83. The minimum absolute atomic E-state index is 0.0785. The van der Waals surface area contributed by atoms with E-state index in [1.807, 2.05) is 23.1 Å². The highest BCUT2D eigenvalue weighted by atomic mass is 32.2. The minimum atomic E-state index is -3.66. The molecule has 0 bridgehead atoms. The first-order valence-corrected chi connectivity index (χ1v) is 10.3. The van der Waals surface area contributed by atoms with Crippen molar-refractivity contribution in [3.8, 4) is 0 Å². The van der Waals surface area contributed by atoms with Gasteiger partial charge in [-0.25, -0.2) is 17.5 Å². The summed E-state index contributed by atoms with van der Waals surface area (Å²) in [6, 6.07) is 12.1. The Kier molecular flexibility index (Phi) is 4.96. The Hall–Kier alpha value is -2.62. The molecule has 9 heteroatoms. The second-order valence-electron chi connectivity index (χ2n) is 6.65. The molecular formula is C19H19FN4O3S. The Morgan fingerprint density at radius 2 is 1.64 bits per heavy atom. The summed E-state index contributed by atoms with van der Waals surface area (Å²) in [5.41, 5.74) is -0.167. The molecule has 1 aromatic heterocycles. The predicted molar refractivity (Wildman–Crippen MR) is 103 cm³/mol. The summed E-state index contributed by atoms with van der Waals surface area (Å²) < 4.78 is 41.2. The molecule has 1 aliphatic rings. The Morgan fingerprint density at radius 3 is 2.36 bits per heavy atom. The van der Waals surface area contributed by atoms with Crippen LogP contribution in [0.2, 0.25) is 0 Å². The molecule has 146 valence electrons. The fourth-order valence-corrected chi connectivity index (χ4v) is 4.71. The van der Waals surface area contributed by atoms with Gasteiger partial charge in [0.1, 0.15) is 5.82 Å². The third-order valence-corrected chi connectivity index (χ3v) is 6.79. The van der Waals surface area contributed by atoms with Crippen molar-refractivity contribution in [2.45, 2.75) is 11.6 Å². The zero-order valence-corrected chi connectivity index (χ0v) is 15.8. The van der Waals surface area contributed by atoms with Gasteiger partial charge in [-0.2, -0.15) is 9.40 Å². The van der Waals surface area contributed by atoms with E-state index in [0.29, 0.717) is 38.2 Å². The molecule has 0 N–H and O–H groups in total. The quantitative estimate of drug-likeness (QED) is 0.661. The maximum atomic E-state index is 13.1. The zero-order chi connectivity index (χ0) is 19.7. The van der Waals surface area contributed by atoms with E-state index in [2.05, 4.69) is 5.10 Å². The van der Waals surface area contributed by atoms with Gasteiger partial charge in [-0.3, -0.25) is 9.69 Å². The van der Waals surface area contributed by atoms with Crippen molar-refractivity contribution in [1.82, 2.24) is 19.0 Å². The van der Waals surface area contributed by atoms with Gasteiger partial charge in [0.2, 0.25) is 10.0 Å². The van der Waals surface area contributed by atoms with E-state index in [4.69, 9.17) is 0 Å². The van der Waals surface area contributed by atoms with E-state index in [1.54, 1.807) is 12.3 Å². The number of nitrogens with zero attached hydrogens (tertiary/aromatic N) is 4. The van der Waals surface area contributed by atoms with Crippen molar-refractivity contribution in [1.29, 1.82) is 0 Å². The van der Waals surface area contributed by atoms with E-state index in [-0.39, 0.29) is 10.5 Å². The van der Waals surface area contributed by atoms with Crippen molar-refractivity contribution in [3.63, 3.8) is 0 Å². The van der Waals surface area contributed by atoms with Gasteiger partial charge in [-0.1, -0.05) is 18.2 Å². The first-order chi connectivity index (χ1) is 13.4. The first-order valence-electron chi connectivity index (χ1n) is 8.88. The van der Waals surface area contributed by atoms with Gasteiger partial charge in [0.05, 0.1) is 23.1 Å². The van der Waals surface area contributed by atoms with Gasteiger partial charge in [0, 0.05) is 31.6 Å². The van der Waals surface area contributed by atoms with Crippen molar-refractivity contribution in [2.24, 2.45) is 0 Å². The standard InChI is InChI=1S/C19H19FN4O3S/c20-16-5-7-17(8-6-16)28(26,27)23-11-9-22(10-12-23)14-24-19(25)18-4-2-1-3-15(18)13-21-24/h1-8,13H,9-12,14H2. The van der Waals surface area contributed by atoms with E-state index in [1.165, 1.54) is 21.1 Å². The normalized spacial score (nSPS) is 16.5. The summed E-state index contributed by atoms with van der Waals surface area (Å²) in [6.07, 6.45) is 1.66. The lowest BCUT2D eigenvalue weighted by Gasteiger charge is -2.33. The SMILES string of the molecule is O=c1c2ccccc2cnn1CN1CCN(S(=O)(=O)c2ccc(F)cc2)CC1. The lowest BCUT2D eigenvalue weighted by atomic mass is 10.2. The summed E-state index contributed by atoms with van der Waals surface area (Å²) in [7, 11) is -3.66. The highest BCUT2D eigenvalue weighted by molar-refractivity contribution is 7.89. The van der Waals surface area contributed by atoms with Crippen LogP contribution < -0.4 is 5.56 Å². The van der Waals surface area contributed by atoms with Gasteiger partial charge < -0.3 is 0 Å². The predicted octanol–water partition coefficient (Wildman–Crippen LogP) is 1.50. The number of hydrogen-bond acceptors (Lipinski definition) is 5. The van der Waals surface area contributed by atoms with Crippen molar-refractivity contribution in [2.75, 3.05) is 26.2 Å². The van der Waals surface area contributed by atoms with Gasteiger partial charge in [0.25, 0.3) is 5.56 Å². The number of benzene rings is 2. The van der Waals surface area contributed by atoms with E-state index in [9.17, 15) is 17.6 Å². The minimum Gasteiger partial charge on any atom is -0.282 e. The molecule has 3 aromatic rings. The third kappa shape index (κ3) is 3.56. The second kappa shape index (κ2) is 7.42. The van der Waals surface area contributed by atoms with Gasteiger partial charge >= 0.3 is 0 Å². The van der Waals surface area contributed by atoms with Crippen LogP contribution in [-0.4, -0.2) is 53.6 Å². The molecule has 0 unspecified atom stereocenters. The van der Waals surface area contributed by atoms with Gasteiger partial charge in [-0.05, 0) is 30.3 Å². The Bertz CT molecular complexity index is 1150. The van der Waals surface area contributed by atoms with Crippen LogP contribution in [0.4, 0.5) is 4.39 Å². The van der Waals surface area contributed by atoms with Crippen LogP contribution in [0.15, 0.2) is 64.4 Å². The summed E-state index contributed by atoms with van der Waals surface area (Å²) in [5.74, 6) is -0.475. The Balaban J connectivity index is 1.45. The van der Waals surface area contributed by atoms with E-state index in [0.717, 1.165) is 17.5 Å². The lowest BCUT2D eigenvalue weighted by molar-refractivity contribution is 0.143. The summed E-state index contributed by atoms with van der Waals surface area (Å²) in [5, 5.41) is 5.62. The Morgan fingerprint density at radius 1 is 0.964 bits per heavy atom. The maximum absolute atomic E-state index is 13.1. The van der Waals surface area contributed by atoms with Crippen LogP contribution in [0, 0.1) is 5.82 Å². The number of halogens is 1. The monoisotopic (exact) mass is 402 g/mol. The van der Waals surface area contributed by atoms with Crippen LogP contribution in [-0.2, 0) is 16.7 Å². The fourth-order valence-electron chi connectivity index (χ4n) is 3.28. The molecule has 0 aliphatic carbocycles. The topological polar surface area (TPSA) is 75.5 Å². The second-order valence-corrected chi connectivity index (χ2v) is 8.59. The smallest absolute Gasteiger partial charge is 0.275 e. The average Bonchev–Trinajstić information content (AvgIpc) is 2.71. The number of hydrogen-bond donors (Lipinski definition) is 0. The van der Waals surface area contributed by atoms with Crippen molar-refractivity contribution < 1.29 is 12.8 Å². The molecule has 1 aliphatic heterocycles. The largest absolute Gasteiger partial charge is 0.282 e. The number of rotatable bonds is 4. The third-order valence-electron chi connectivity index (χ3n) is 4.88. The lowest BCUT2D eigenvalue weighted by Crippen LogP contribution is -2.49. The average molecular weight is 402 g/mol. The highest BCUT2D eigenvalue weighted by Gasteiger charge is 2.28. The van der Waals surface area contributed by atoms with Crippen LogP contribution >= 0.6 is 0 Å². The molecule has 1 saturated heterocycles. The molecule has 0 amide bonds. The molecule has 1 fully saturated rings. The molecular weight excluding hydrogens is 383 g/mol. The maximum Gasteiger partial charge on any atom is 0.275 e. The van der Waals surface area contributed by atoms with Crippen LogP contribution in [0.25, 0.3) is 10.8 Å². The molecule has 28 heavy (non-hydrogen) atoms. The summed E-state index contributed by atoms with van der Waals surface area (Å²) in [4.78, 5) is 14.6. The first kappa shape index (κ1) is 18.7. The molecule has 4 rings (SSSR count). The molecule has 2 heterocycles. The number of sulfonamides is 1. The number of piperazine rings is 1. The summed E-state index contributed by atoms with van der Waals surface area (Å²) >= 11 is 0. The number of fused-ring (bicyclic) bond motifs is 1. The molecule has 7 nitrogen and oxygen atoms in total. The zero-order valence-electron chi connectivity index (χ0n) is 15.0. The van der Waals surface area contributed by atoms with Crippen LogP contribution in [0.3, 0.4) is 0 Å². The highest BCUT2D eigenvalue weighted by Crippen LogP contribution is 2.18. The van der Waals surface area contributed by atoms with Crippen LogP contribution in [0.5, 0.6) is 0 Å². The molecule has 0 spiro atoms. The fraction of sp³-hybridized carbons (Fsp3) is 0.263. The molecule has 0 saturated carbocycles. The van der Waals surface area contributed by atoms with Gasteiger partial charge in [0.15, 0.2) is 0 Å². The van der Waals surface area contributed by atoms with Crippen molar-refractivity contribution in [3.05, 3.63) is 70.9 Å².